The van der Waals surface area contributed by atoms with Gasteiger partial charge in [0.15, 0.2) is 5.11 Å². The molecule has 1 aliphatic rings. The maximum absolute atomic E-state index is 11.3. The Labute approximate surface area is 135 Å². The second-order valence-electron chi connectivity index (χ2n) is 5.56. The van der Waals surface area contributed by atoms with E-state index in [1.165, 1.54) is 0 Å². The average molecular weight is 326 g/mol. The first-order chi connectivity index (χ1) is 9.88. The number of amides is 1. The van der Waals surface area contributed by atoms with Crippen molar-refractivity contribution < 1.29 is 4.79 Å². The summed E-state index contributed by atoms with van der Waals surface area (Å²) in [4.78, 5) is 13.3. The van der Waals surface area contributed by atoms with E-state index >= 15 is 0 Å². The molecule has 1 aromatic rings. The minimum atomic E-state index is -0.257. The van der Waals surface area contributed by atoms with E-state index in [9.17, 15) is 4.79 Å². The molecule has 3 N–H and O–H groups in total. The third-order valence-electron chi connectivity index (χ3n) is 3.77. The molecule has 0 saturated carbocycles. The number of nitrogens with one attached hydrogen (secondary N) is 1. The zero-order valence-electron chi connectivity index (χ0n) is 12.3. The molecule has 1 aromatic carbocycles. The van der Waals surface area contributed by atoms with Crippen molar-refractivity contribution in [1.29, 1.82) is 0 Å². The fraction of sp³-hybridized carbons (Fsp3) is 0.467. The van der Waals surface area contributed by atoms with Crippen molar-refractivity contribution in [2.45, 2.75) is 26.7 Å². The third-order valence-corrected chi connectivity index (χ3v) is 4.43. The maximum atomic E-state index is 11.3. The van der Waals surface area contributed by atoms with Gasteiger partial charge in [0.2, 0.25) is 5.91 Å². The van der Waals surface area contributed by atoms with Crippen molar-refractivity contribution in [3.8, 4) is 0 Å². The summed E-state index contributed by atoms with van der Waals surface area (Å²) in [5, 5.41) is 4.45. The zero-order valence-corrected chi connectivity index (χ0v) is 13.9. The molecule has 0 unspecified atom stereocenters. The molecule has 1 heterocycles. The van der Waals surface area contributed by atoms with Crippen molar-refractivity contribution in [1.82, 2.24) is 4.90 Å². The van der Waals surface area contributed by atoms with Crippen molar-refractivity contribution >= 4 is 40.5 Å². The first-order valence-corrected chi connectivity index (χ1v) is 7.79. The van der Waals surface area contributed by atoms with Crippen LogP contribution in [0.5, 0.6) is 0 Å². The van der Waals surface area contributed by atoms with Gasteiger partial charge in [-0.2, -0.15) is 0 Å². The van der Waals surface area contributed by atoms with E-state index in [2.05, 4.69) is 11.4 Å². The normalized spacial score (nSPS) is 18.4. The molecule has 0 aliphatic carbocycles. The van der Waals surface area contributed by atoms with E-state index in [0.717, 1.165) is 36.2 Å². The summed E-state index contributed by atoms with van der Waals surface area (Å²) in [6.07, 6.45) is 1.74. The summed E-state index contributed by atoms with van der Waals surface area (Å²) in [6.45, 7) is 5.40. The summed E-state index contributed by atoms with van der Waals surface area (Å²) in [6, 6.07) is 3.96. The molecule has 0 spiro atoms. The van der Waals surface area contributed by atoms with Crippen LogP contribution >= 0.6 is 23.8 Å². The van der Waals surface area contributed by atoms with E-state index in [1.807, 2.05) is 24.8 Å². The van der Waals surface area contributed by atoms with E-state index in [1.54, 1.807) is 0 Å². The van der Waals surface area contributed by atoms with Crippen molar-refractivity contribution in [2.75, 3.05) is 18.4 Å². The second kappa shape index (κ2) is 6.62. The number of carbonyl (C=O) groups excluding carboxylic acids is 1. The number of primary amides is 1. The molecule has 2 rings (SSSR count). The highest BCUT2D eigenvalue weighted by Crippen LogP contribution is 2.28. The molecule has 114 valence electrons. The SMILES string of the molecule is Cc1cc(C)c(NC(=S)N2CCC[C@H](C(N)=O)C2)c(Cl)c1. The summed E-state index contributed by atoms with van der Waals surface area (Å²) >= 11 is 11.7. The van der Waals surface area contributed by atoms with Crippen molar-refractivity contribution in [3.05, 3.63) is 28.3 Å². The van der Waals surface area contributed by atoms with Gasteiger partial charge < -0.3 is 16.0 Å². The summed E-state index contributed by atoms with van der Waals surface area (Å²) in [5.41, 5.74) is 8.38. The minimum absolute atomic E-state index is 0.131. The average Bonchev–Trinajstić information content (AvgIpc) is 2.42. The molecule has 6 heteroatoms. The summed E-state index contributed by atoms with van der Waals surface area (Å²) in [5.74, 6) is -0.389. The maximum Gasteiger partial charge on any atom is 0.222 e. The zero-order chi connectivity index (χ0) is 15.6. The molecule has 1 amide bonds. The van der Waals surface area contributed by atoms with Crippen LogP contribution in [0.2, 0.25) is 5.02 Å². The Morgan fingerprint density at radius 1 is 1.48 bits per heavy atom. The number of hydrogen-bond acceptors (Lipinski definition) is 2. The Bertz CT molecular complexity index is 553. The van der Waals surface area contributed by atoms with Gasteiger partial charge in [0.1, 0.15) is 0 Å². The smallest absolute Gasteiger partial charge is 0.222 e. The Balaban J connectivity index is 2.10. The summed E-state index contributed by atoms with van der Waals surface area (Å²) in [7, 11) is 0. The van der Waals surface area contributed by atoms with E-state index < -0.39 is 0 Å². The number of nitrogens with zero attached hydrogens (tertiary/aromatic N) is 1. The number of nitrogens with two attached hydrogens (primary N) is 1. The lowest BCUT2D eigenvalue weighted by molar-refractivity contribution is -0.122. The van der Waals surface area contributed by atoms with Gasteiger partial charge in [-0.15, -0.1) is 0 Å². The van der Waals surface area contributed by atoms with Crippen LogP contribution in [0.25, 0.3) is 0 Å². The Hall–Kier alpha value is -1.33. The van der Waals surface area contributed by atoms with Gasteiger partial charge in [-0.1, -0.05) is 17.7 Å². The van der Waals surface area contributed by atoms with Gasteiger partial charge in [-0.05, 0) is 56.1 Å². The lowest BCUT2D eigenvalue weighted by Crippen LogP contribution is -2.45. The highest BCUT2D eigenvalue weighted by molar-refractivity contribution is 7.80. The number of anilines is 1. The monoisotopic (exact) mass is 325 g/mol. The van der Waals surface area contributed by atoms with Gasteiger partial charge >= 0.3 is 0 Å². The number of likely N-dealkylation sites (tertiary alicyclic amines) is 1. The van der Waals surface area contributed by atoms with E-state index in [0.29, 0.717) is 16.7 Å². The lowest BCUT2D eigenvalue weighted by Gasteiger charge is -2.33. The Morgan fingerprint density at radius 3 is 2.81 bits per heavy atom. The molecular weight excluding hydrogens is 306 g/mol. The van der Waals surface area contributed by atoms with Crippen LogP contribution in [0.4, 0.5) is 5.69 Å². The van der Waals surface area contributed by atoms with Crippen molar-refractivity contribution in [3.63, 3.8) is 0 Å². The van der Waals surface area contributed by atoms with Crippen LogP contribution in [0.1, 0.15) is 24.0 Å². The predicted octanol–water partition coefficient (Wildman–Crippen LogP) is 2.85. The first kappa shape index (κ1) is 16.0. The molecule has 0 bridgehead atoms. The van der Waals surface area contributed by atoms with Gasteiger partial charge in [0.25, 0.3) is 0 Å². The molecular formula is C15H20ClN3OS. The van der Waals surface area contributed by atoms with Gasteiger partial charge in [0.05, 0.1) is 16.6 Å². The van der Waals surface area contributed by atoms with Crippen LogP contribution < -0.4 is 11.1 Å². The summed E-state index contributed by atoms with van der Waals surface area (Å²) < 4.78 is 0. The third kappa shape index (κ3) is 3.86. The first-order valence-electron chi connectivity index (χ1n) is 7.00. The van der Waals surface area contributed by atoms with Gasteiger partial charge in [-0.3, -0.25) is 4.79 Å². The number of hydrogen-bond donors (Lipinski definition) is 2. The van der Waals surface area contributed by atoms with E-state index in [-0.39, 0.29) is 11.8 Å². The number of rotatable bonds is 2. The molecule has 4 nitrogen and oxygen atoms in total. The Morgan fingerprint density at radius 2 is 2.19 bits per heavy atom. The quantitative estimate of drug-likeness (QED) is 0.821. The predicted molar refractivity (Wildman–Crippen MR) is 90.6 cm³/mol. The topological polar surface area (TPSA) is 58.4 Å². The number of halogens is 1. The number of thiocarbonyl (C=S) groups is 1. The van der Waals surface area contributed by atoms with Gasteiger partial charge in [-0.25, -0.2) is 0 Å². The van der Waals surface area contributed by atoms with Crippen molar-refractivity contribution in [2.24, 2.45) is 11.7 Å². The molecule has 21 heavy (non-hydrogen) atoms. The van der Waals surface area contributed by atoms with Crippen LogP contribution in [0.15, 0.2) is 12.1 Å². The van der Waals surface area contributed by atoms with Crippen LogP contribution in [-0.4, -0.2) is 29.0 Å². The molecule has 1 aliphatic heterocycles. The molecule has 1 atom stereocenters. The van der Waals surface area contributed by atoms with E-state index in [4.69, 9.17) is 29.6 Å². The van der Waals surface area contributed by atoms with Crippen LogP contribution in [-0.2, 0) is 4.79 Å². The lowest BCUT2D eigenvalue weighted by atomic mass is 9.98. The van der Waals surface area contributed by atoms with Crippen LogP contribution in [0, 0.1) is 19.8 Å². The number of piperidine rings is 1. The minimum Gasteiger partial charge on any atom is -0.369 e. The number of benzene rings is 1. The largest absolute Gasteiger partial charge is 0.369 e. The molecule has 0 aromatic heterocycles. The Kier molecular flexibility index (Phi) is 5.06. The fourth-order valence-electron chi connectivity index (χ4n) is 2.65. The number of carbonyl (C=O) groups is 1. The second-order valence-corrected chi connectivity index (χ2v) is 6.35. The molecule has 1 saturated heterocycles. The molecule has 0 radical (unpaired) electrons. The standard InChI is InChI=1S/C15H20ClN3OS/c1-9-6-10(2)13(12(16)7-9)18-15(21)19-5-3-4-11(8-19)14(17)20/h6-7,11H,3-5,8H2,1-2H3,(H2,17,20)(H,18,21)/t11-/m0/s1. The highest BCUT2D eigenvalue weighted by Gasteiger charge is 2.25. The molecule has 1 fully saturated rings. The number of aryl methyl sites for hydroxylation is 2. The van der Waals surface area contributed by atoms with Crippen LogP contribution in [0.3, 0.4) is 0 Å². The van der Waals surface area contributed by atoms with Gasteiger partial charge in [0, 0.05) is 13.1 Å². The highest BCUT2D eigenvalue weighted by atomic mass is 35.5. The fourth-order valence-corrected chi connectivity index (χ4v) is 3.29.